The van der Waals surface area contributed by atoms with Crippen molar-refractivity contribution in [3.63, 3.8) is 0 Å². The number of halogens is 1. The van der Waals surface area contributed by atoms with Crippen LogP contribution in [0.4, 0.5) is 4.39 Å². The van der Waals surface area contributed by atoms with E-state index in [9.17, 15) is 14.0 Å². The summed E-state index contributed by atoms with van der Waals surface area (Å²) in [7, 11) is 0. The monoisotopic (exact) mass is 329 g/mol. The van der Waals surface area contributed by atoms with Crippen LogP contribution in [0, 0.1) is 11.7 Å². The van der Waals surface area contributed by atoms with Gasteiger partial charge in [-0.25, -0.2) is 4.39 Å². The molecule has 0 saturated carbocycles. The second-order valence-corrected chi connectivity index (χ2v) is 5.82. The van der Waals surface area contributed by atoms with Crippen LogP contribution in [-0.2, 0) is 4.79 Å². The molecule has 0 aromatic heterocycles. The van der Waals surface area contributed by atoms with E-state index in [1.165, 1.54) is 12.1 Å². The maximum Gasteiger partial charge on any atom is 0.258 e. The molecule has 0 aliphatic rings. The molecule has 0 spiro atoms. The molecule has 1 N–H and O–H groups in total. The van der Waals surface area contributed by atoms with E-state index in [2.05, 4.69) is 5.32 Å². The maximum atomic E-state index is 13.0. The Bertz CT molecular complexity index is 681. The van der Waals surface area contributed by atoms with Gasteiger partial charge in [0.1, 0.15) is 17.9 Å². The number of amides is 1. The van der Waals surface area contributed by atoms with Crippen LogP contribution in [0.3, 0.4) is 0 Å². The zero-order chi connectivity index (χ0) is 17.5. The Kier molecular flexibility index (Phi) is 6.07. The van der Waals surface area contributed by atoms with E-state index >= 15 is 0 Å². The fourth-order valence-electron chi connectivity index (χ4n) is 2.31. The molecule has 0 heterocycles. The molecule has 1 unspecified atom stereocenters. The van der Waals surface area contributed by atoms with E-state index in [-0.39, 0.29) is 30.3 Å². The first-order valence-corrected chi connectivity index (χ1v) is 7.72. The molecule has 24 heavy (non-hydrogen) atoms. The third-order valence-electron chi connectivity index (χ3n) is 3.60. The van der Waals surface area contributed by atoms with Gasteiger partial charge in [-0.1, -0.05) is 26.0 Å². The van der Waals surface area contributed by atoms with Gasteiger partial charge in [-0.3, -0.25) is 9.59 Å². The lowest BCUT2D eigenvalue weighted by atomic mass is 9.96. The van der Waals surface area contributed by atoms with Gasteiger partial charge < -0.3 is 10.1 Å². The summed E-state index contributed by atoms with van der Waals surface area (Å²) < 4.78 is 18.5. The standard InChI is InChI=1S/C19H20FNO3/c1-13(2)19(15-5-7-16(20)8-6-15)21-18(23)12-24-17-9-3-14(11-22)4-10-17/h3-11,13,19H,12H2,1-2H3,(H,21,23). The number of rotatable bonds is 7. The summed E-state index contributed by atoms with van der Waals surface area (Å²) in [4.78, 5) is 22.7. The molecule has 2 aromatic rings. The van der Waals surface area contributed by atoms with Crippen molar-refractivity contribution in [3.05, 3.63) is 65.5 Å². The maximum absolute atomic E-state index is 13.0. The molecule has 0 aliphatic carbocycles. The van der Waals surface area contributed by atoms with E-state index in [1.807, 2.05) is 13.8 Å². The van der Waals surface area contributed by atoms with Gasteiger partial charge in [-0.15, -0.1) is 0 Å². The summed E-state index contributed by atoms with van der Waals surface area (Å²) >= 11 is 0. The lowest BCUT2D eigenvalue weighted by molar-refractivity contribution is -0.124. The minimum absolute atomic E-state index is 0.134. The van der Waals surface area contributed by atoms with Crippen molar-refractivity contribution in [2.45, 2.75) is 19.9 Å². The largest absolute Gasteiger partial charge is 0.484 e. The highest BCUT2D eigenvalue weighted by Crippen LogP contribution is 2.22. The van der Waals surface area contributed by atoms with Gasteiger partial charge in [0, 0.05) is 5.56 Å². The molecule has 4 nitrogen and oxygen atoms in total. The van der Waals surface area contributed by atoms with Gasteiger partial charge in [0.25, 0.3) is 5.91 Å². The number of carbonyl (C=O) groups excluding carboxylic acids is 2. The fraction of sp³-hybridized carbons (Fsp3) is 0.263. The van der Waals surface area contributed by atoms with Crippen molar-refractivity contribution >= 4 is 12.2 Å². The molecule has 0 radical (unpaired) electrons. The Labute approximate surface area is 140 Å². The topological polar surface area (TPSA) is 55.4 Å². The van der Waals surface area contributed by atoms with Crippen molar-refractivity contribution in [3.8, 4) is 5.75 Å². The average Bonchev–Trinajstić information content (AvgIpc) is 2.59. The molecule has 0 fully saturated rings. The average molecular weight is 329 g/mol. The van der Waals surface area contributed by atoms with Gasteiger partial charge in [0.15, 0.2) is 6.61 Å². The minimum atomic E-state index is -0.310. The van der Waals surface area contributed by atoms with Crippen LogP contribution >= 0.6 is 0 Å². The molecular formula is C19H20FNO3. The lowest BCUT2D eigenvalue weighted by Crippen LogP contribution is -2.35. The van der Waals surface area contributed by atoms with Crippen LogP contribution in [0.25, 0.3) is 0 Å². The normalized spacial score (nSPS) is 11.8. The molecule has 126 valence electrons. The van der Waals surface area contributed by atoms with Crippen molar-refractivity contribution in [2.75, 3.05) is 6.61 Å². The highest BCUT2D eigenvalue weighted by molar-refractivity contribution is 5.78. The van der Waals surface area contributed by atoms with E-state index in [4.69, 9.17) is 4.74 Å². The first-order chi connectivity index (χ1) is 11.5. The molecule has 0 bridgehead atoms. The van der Waals surface area contributed by atoms with Crippen molar-refractivity contribution in [1.82, 2.24) is 5.32 Å². The molecule has 0 saturated heterocycles. The van der Waals surface area contributed by atoms with Gasteiger partial charge >= 0.3 is 0 Å². The lowest BCUT2D eigenvalue weighted by Gasteiger charge is -2.23. The Hall–Kier alpha value is -2.69. The Balaban J connectivity index is 1.95. The van der Waals surface area contributed by atoms with Gasteiger partial charge in [0.2, 0.25) is 0 Å². The van der Waals surface area contributed by atoms with Crippen LogP contribution < -0.4 is 10.1 Å². The van der Waals surface area contributed by atoms with E-state index in [1.54, 1.807) is 36.4 Å². The van der Waals surface area contributed by atoms with E-state index < -0.39 is 0 Å². The number of benzene rings is 2. The van der Waals surface area contributed by atoms with Gasteiger partial charge in [0.05, 0.1) is 6.04 Å². The number of ether oxygens (including phenoxy) is 1. The van der Waals surface area contributed by atoms with Crippen LogP contribution in [0.2, 0.25) is 0 Å². The zero-order valence-corrected chi connectivity index (χ0v) is 13.7. The van der Waals surface area contributed by atoms with Crippen LogP contribution in [0.1, 0.15) is 35.8 Å². The Morgan fingerprint density at radius 2 is 1.75 bits per heavy atom. The van der Waals surface area contributed by atoms with Gasteiger partial charge in [-0.2, -0.15) is 0 Å². The molecule has 0 aliphatic heterocycles. The summed E-state index contributed by atoms with van der Waals surface area (Å²) in [6.07, 6.45) is 0.742. The van der Waals surface area contributed by atoms with Crippen molar-refractivity contribution in [1.29, 1.82) is 0 Å². The molecule has 5 heteroatoms. The second kappa shape index (κ2) is 8.24. The first kappa shape index (κ1) is 17.7. The summed E-state index contributed by atoms with van der Waals surface area (Å²) in [6, 6.07) is 12.4. The second-order valence-electron chi connectivity index (χ2n) is 5.82. The number of nitrogens with one attached hydrogen (secondary N) is 1. The van der Waals surface area contributed by atoms with E-state index in [0.717, 1.165) is 11.8 Å². The highest BCUT2D eigenvalue weighted by Gasteiger charge is 2.18. The molecule has 1 atom stereocenters. The Morgan fingerprint density at radius 1 is 1.12 bits per heavy atom. The molecule has 2 rings (SSSR count). The first-order valence-electron chi connectivity index (χ1n) is 7.72. The van der Waals surface area contributed by atoms with Crippen LogP contribution in [-0.4, -0.2) is 18.8 Å². The predicted molar refractivity (Wildman–Crippen MR) is 89.4 cm³/mol. The zero-order valence-electron chi connectivity index (χ0n) is 13.7. The van der Waals surface area contributed by atoms with Crippen molar-refractivity contribution in [2.24, 2.45) is 5.92 Å². The highest BCUT2D eigenvalue weighted by atomic mass is 19.1. The quantitative estimate of drug-likeness (QED) is 0.791. The number of carbonyl (C=O) groups is 2. The Morgan fingerprint density at radius 3 is 2.29 bits per heavy atom. The summed E-state index contributed by atoms with van der Waals surface area (Å²) in [5.41, 5.74) is 1.39. The number of hydrogen-bond acceptors (Lipinski definition) is 3. The fourth-order valence-corrected chi connectivity index (χ4v) is 2.31. The van der Waals surface area contributed by atoms with E-state index in [0.29, 0.717) is 11.3 Å². The molecule has 1 amide bonds. The molecular weight excluding hydrogens is 309 g/mol. The molecule has 2 aromatic carbocycles. The van der Waals surface area contributed by atoms with Crippen molar-refractivity contribution < 1.29 is 18.7 Å². The van der Waals surface area contributed by atoms with Crippen LogP contribution in [0.5, 0.6) is 5.75 Å². The smallest absolute Gasteiger partial charge is 0.258 e. The van der Waals surface area contributed by atoms with Gasteiger partial charge in [-0.05, 0) is 47.9 Å². The summed E-state index contributed by atoms with van der Waals surface area (Å²) in [6.45, 7) is 3.82. The third-order valence-corrected chi connectivity index (χ3v) is 3.60. The predicted octanol–water partition coefficient (Wildman–Crippen LogP) is 3.53. The summed E-state index contributed by atoms with van der Waals surface area (Å²) in [5.74, 6) is 0.0806. The third kappa shape index (κ3) is 4.91. The summed E-state index contributed by atoms with van der Waals surface area (Å²) in [5, 5.41) is 2.90. The number of hydrogen-bond donors (Lipinski definition) is 1. The van der Waals surface area contributed by atoms with Crippen LogP contribution in [0.15, 0.2) is 48.5 Å². The minimum Gasteiger partial charge on any atom is -0.484 e. The number of aldehydes is 1. The SMILES string of the molecule is CC(C)C(NC(=O)COc1ccc(C=O)cc1)c1ccc(F)cc1.